The van der Waals surface area contributed by atoms with Crippen LogP contribution in [-0.2, 0) is 73.7 Å². The van der Waals surface area contributed by atoms with E-state index in [1.165, 1.54) is 59.0 Å². The molecule has 0 aliphatic rings. The van der Waals surface area contributed by atoms with Crippen LogP contribution in [0.3, 0.4) is 0 Å². The number of aliphatic carboxylic acids is 9. The summed E-state index contributed by atoms with van der Waals surface area (Å²) in [7, 11) is 4.19. The van der Waals surface area contributed by atoms with Crippen LogP contribution in [0.25, 0.3) is 0 Å². The van der Waals surface area contributed by atoms with Gasteiger partial charge in [-0.2, -0.15) is 26.3 Å². The molecule has 0 bridgehead atoms. The van der Waals surface area contributed by atoms with Crippen molar-refractivity contribution in [2.24, 2.45) is 11.8 Å². The minimum absolute atomic E-state index is 0.000833. The number of methoxy groups -OCH3 is 1. The molecule has 3 aromatic rings. The molecule has 3 aromatic carbocycles. The molecule has 0 saturated carbocycles. The van der Waals surface area contributed by atoms with E-state index in [0.717, 1.165) is 21.6 Å². The van der Waals surface area contributed by atoms with Crippen molar-refractivity contribution in [3.8, 4) is 17.2 Å². The molecule has 0 fully saturated rings. The average Bonchev–Trinajstić information content (AvgIpc) is 0.879. The summed E-state index contributed by atoms with van der Waals surface area (Å²) in [4.78, 5) is 161. The minimum atomic E-state index is -5.43. The number of hydrogen-bond donors (Lipinski definition) is 11. The largest absolute Gasteiger partial charge is 0.504 e. The Balaban J connectivity index is -0.000000530. The standard InChI is InChI=1S/C12H15NO5.C11H18N2O8.C11H12O2.C7H11NO6.C7H8O2.C6H4F6O2.C6H10O2/c1-18-10-5-3-2-4-9(10)6-13(7-11(14)15)8-12(16)17;1-13(6-10(18)19,7-11(20)21)3-2-12(4-8(14)15)5-9(16)17;1-8-3-5-10(6-4-8)11(13)7-9(2)12;1-8(2-5(9)10,3-6(11)12)4-7(13)14;1-5-2-3-6(8)7(9)4-5;1-2(3(13)5(7,8)9)4(14)6(10,11)12;1-4(5(2)7)6(3)8/h2-5H,6-8H2,1H3,(H,14,15)(H,16,17);2-7H2,1H3,(H3-,14,15,16,17,18,19,20,21);3-6H,7H2,1-2H3;2-4H2,1H3,(H2-,9,10,11,12,13,14);2-4,8-9H,1H3;2H,1H3;4H,1-3H3/p+2. The van der Waals surface area contributed by atoms with Crippen LogP contribution in [0.1, 0.15) is 68.1 Å². The van der Waals surface area contributed by atoms with Crippen LogP contribution in [0.5, 0.6) is 17.2 Å². The normalized spacial score (nSPS) is 10.8. The Labute approximate surface area is 550 Å². The number of ketones is 6. The van der Waals surface area contributed by atoms with Crippen molar-refractivity contribution in [3.05, 3.63) is 89.0 Å². The Bertz CT molecular complexity index is 3060. The molecule has 37 heteroatoms. The zero-order valence-electron chi connectivity index (χ0n) is 54.2. The Morgan fingerprint density at radius 2 is 0.825 bits per heavy atom. The molecule has 0 radical (unpaired) electrons. The molecule has 0 aliphatic heterocycles. The maximum atomic E-state index is 11.6. The number of aryl methyl sites for hydroxylation is 2. The van der Waals surface area contributed by atoms with Crippen LogP contribution in [0.2, 0.25) is 0 Å². The van der Waals surface area contributed by atoms with Crippen LogP contribution >= 0.6 is 0 Å². The number of ether oxygens (including phenoxy) is 1. The number of carbonyl (C=O) groups is 15. The first-order valence-electron chi connectivity index (χ1n) is 27.6. The number of aromatic hydroxyl groups is 2. The van der Waals surface area contributed by atoms with Gasteiger partial charge in [0, 0.05) is 24.2 Å². The fourth-order valence-corrected chi connectivity index (χ4v) is 7.22. The quantitative estimate of drug-likeness (QED) is 0.0144. The average molecular weight is 1400 g/mol. The predicted molar refractivity (Wildman–Crippen MR) is 322 cm³/mol. The second-order valence-electron chi connectivity index (χ2n) is 21.5. The number of hydrogen-bond acceptors (Lipinski definition) is 20. The highest BCUT2D eigenvalue weighted by Crippen LogP contribution is 2.28. The lowest BCUT2D eigenvalue weighted by Crippen LogP contribution is -2.54. The van der Waals surface area contributed by atoms with Gasteiger partial charge in [0.25, 0.3) is 0 Å². The number of alkyl halides is 6. The number of quaternary nitrogens is 2. The van der Waals surface area contributed by atoms with Crippen molar-refractivity contribution in [1.82, 2.24) is 9.80 Å². The monoisotopic (exact) mass is 1400 g/mol. The van der Waals surface area contributed by atoms with Crippen molar-refractivity contribution in [1.29, 1.82) is 0 Å². The van der Waals surface area contributed by atoms with Gasteiger partial charge < -0.3 is 65.4 Å². The molecular weight excluding hydrogens is 1320 g/mol. The third-order valence-electron chi connectivity index (χ3n) is 12.0. The molecule has 0 aromatic heterocycles. The fraction of sp³-hybridized carbons (Fsp3) is 0.450. The number of Topliss-reactive ketones (excluding diaryl/α,β-unsaturated/α-hetero) is 6. The summed E-state index contributed by atoms with van der Waals surface area (Å²) >= 11 is 0. The van der Waals surface area contributed by atoms with E-state index >= 15 is 0 Å². The summed E-state index contributed by atoms with van der Waals surface area (Å²) in [6.45, 7) is 5.92. The van der Waals surface area contributed by atoms with Gasteiger partial charge in [0.05, 0.1) is 72.2 Å². The van der Waals surface area contributed by atoms with Gasteiger partial charge in [0.1, 0.15) is 23.1 Å². The van der Waals surface area contributed by atoms with E-state index in [2.05, 4.69) is 0 Å². The van der Waals surface area contributed by atoms with Crippen molar-refractivity contribution in [3.63, 3.8) is 0 Å². The van der Waals surface area contributed by atoms with Crippen LogP contribution in [0.4, 0.5) is 26.3 Å². The lowest BCUT2D eigenvalue weighted by molar-refractivity contribution is -0.894. The lowest BCUT2D eigenvalue weighted by Gasteiger charge is -2.33. The molecule has 97 heavy (non-hydrogen) atoms. The fourth-order valence-electron chi connectivity index (χ4n) is 7.22. The summed E-state index contributed by atoms with van der Waals surface area (Å²) in [5.41, 5.74) is 3.41. The first kappa shape index (κ1) is 93.1. The molecule has 0 heterocycles. The molecule has 0 saturated heterocycles. The summed E-state index contributed by atoms with van der Waals surface area (Å²) in [6, 6.07) is 19.0. The number of para-hydroxylation sites is 1. The van der Waals surface area contributed by atoms with Gasteiger partial charge in [0.15, 0.2) is 50.0 Å². The Kier molecular flexibility index (Phi) is 43.4. The number of rotatable bonds is 31. The van der Waals surface area contributed by atoms with Crippen LogP contribution < -0.4 is 4.74 Å². The number of benzene rings is 3. The predicted octanol–water partition coefficient (Wildman–Crippen LogP) is 3.68. The van der Waals surface area contributed by atoms with Gasteiger partial charge >= 0.3 is 66.1 Å². The Morgan fingerprint density at radius 3 is 1.12 bits per heavy atom. The Hall–Kier alpha value is -10.3. The van der Waals surface area contributed by atoms with Crippen LogP contribution in [0, 0.1) is 25.7 Å². The number of carboxylic acid groups (broad SMARTS) is 9. The number of phenolic OH excluding ortho intramolecular Hbond substituents is 2. The second kappa shape index (κ2) is 45.2. The number of likely N-dealkylation sites (N-methyl/N-ethyl adjacent to an activating group) is 2. The van der Waals surface area contributed by atoms with E-state index in [9.17, 15) is 98.3 Å². The maximum Gasteiger partial charge on any atom is 0.450 e. The highest BCUT2D eigenvalue weighted by Gasteiger charge is 2.51. The van der Waals surface area contributed by atoms with Crippen molar-refractivity contribution < 1.29 is 168 Å². The second-order valence-corrected chi connectivity index (χ2v) is 21.5. The number of halogens is 6. The highest BCUT2D eigenvalue weighted by atomic mass is 19.4. The molecule has 0 spiro atoms. The molecule has 0 unspecified atom stereocenters. The van der Waals surface area contributed by atoms with Crippen molar-refractivity contribution >= 4 is 88.4 Å². The molecule has 0 aliphatic carbocycles. The van der Waals surface area contributed by atoms with Gasteiger partial charge in [-0.05, 0) is 72.2 Å². The van der Waals surface area contributed by atoms with Crippen molar-refractivity contribution in [2.45, 2.75) is 73.8 Å². The molecule has 31 nitrogen and oxygen atoms in total. The number of carboxylic acids is 9. The van der Waals surface area contributed by atoms with Crippen molar-refractivity contribution in [2.75, 3.05) is 93.2 Å². The zero-order valence-corrected chi connectivity index (χ0v) is 54.2. The number of carbonyl (C=O) groups excluding carboxylic acids is 6. The molecular formula is C60H80F6N4O27+2. The summed E-state index contributed by atoms with van der Waals surface area (Å²) in [5.74, 6) is -19.0. The topological polar surface area (TPSA) is 494 Å². The van der Waals surface area contributed by atoms with Gasteiger partial charge in [-0.25, -0.2) is 24.0 Å². The molecule has 0 amide bonds. The van der Waals surface area contributed by atoms with Gasteiger partial charge in [-0.1, -0.05) is 54.1 Å². The smallest absolute Gasteiger partial charge is 0.450 e. The lowest BCUT2D eigenvalue weighted by atomic mass is 10.0. The van der Waals surface area contributed by atoms with Crippen LogP contribution in [0.15, 0.2) is 66.7 Å². The molecule has 11 N–H and O–H groups in total. The van der Waals surface area contributed by atoms with E-state index in [0.29, 0.717) is 11.3 Å². The van der Waals surface area contributed by atoms with E-state index in [1.807, 2.05) is 26.0 Å². The summed E-state index contributed by atoms with van der Waals surface area (Å²) in [5, 5.41) is 95.5. The highest BCUT2D eigenvalue weighted by molar-refractivity contribution is 6.07. The number of phenols is 2. The zero-order chi connectivity index (χ0) is 76.7. The molecule has 3 rings (SSSR count). The van der Waals surface area contributed by atoms with E-state index in [1.54, 1.807) is 49.4 Å². The van der Waals surface area contributed by atoms with E-state index in [-0.39, 0.29) is 85.2 Å². The maximum absolute atomic E-state index is 11.6. The van der Waals surface area contributed by atoms with Gasteiger partial charge in [-0.3, -0.25) is 62.2 Å². The summed E-state index contributed by atoms with van der Waals surface area (Å²) in [6.07, 6.45) is -10.9. The third kappa shape index (κ3) is 47.3. The molecule has 542 valence electrons. The van der Waals surface area contributed by atoms with E-state index < -0.39 is 140 Å². The number of nitrogens with zero attached hydrogens (tertiary/aromatic N) is 4. The molecule has 0 atom stereocenters. The first-order valence-corrected chi connectivity index (χ1v) is 27.6. The Morgan fingerprint density at radius 1 is 0.474 bits per heavy atom. The minimum Gasteiger partial charge on any atom is -0.504 e. The SMILES string of the molecule is CC(=O)C(C)C(C)=O.CC(=O)CC(=O)c1ccc(C)cc1.CC(C(=O)C(F)(F)F)C(=O)C(F)(F)F.COc1ccccc1CN(CC(=O)O)CC(=O)O.C[N+](CC(=O)O)(CC(=O)O)CC(=O)O.C[N+](CCN(CC(=O)O)CC(=O)O)(CC(=O)O)CC(=O)O.Cc1ccc(O)c(O)c1. The van der Waals surface area contributed by atoms with Gasteiger partial charge in [-0.15, -0.1) is 0 Å². The first-order chi connectivity index (χ1) is 44.1. The van der Waals surface area contributed by atoms with Crippen LogP contribution in [-0.4, -0.2) is 269 Å². The summed E-state index contributed by atoms with van der Waals surface area (Å²) < 4.78 is 73.7. The van der Waals surface area contributed by atoms with E-state index in [4.69, 9.17) is 60.9 Å². The van der Waals surface area contributed by atoms with Gasteiger partial charge in [0.2, 0.25) is 11.6 Å². The third-order valence-corrected chi connectivity index (χ3v) is 12.0.